The zero-order chi connectivity index (χ0) is 9.72. The molecule has 0 aromatic carbocycles. The molecule has 0 atom stereocenters. The third kappa shape index (κ3) is 4.10. The van der Waals surface area contributed by atoms with Crippen molar-refractivity contribution in [3.63, 3.8) is 0 Å². The summed E-state index contributed by atoms with van der Waals surface area (Å²) in [5.41, 5.74) is -0.407. The third-order valence-corrected chi connectivity index (χ3v) is 0.967. The fourth-order valence-corrected chi connectivity index (χ4v) is 0.557. The quantitative estimate of drug-likeness (QED) is 0.425. The van der Waals surface area contributed by atoms with Crippen LogP contribution in [0.1, 0.15) is 6.42 Å². The fourth-order valence-electron chi connectivity index (χ4n) is 0.557. The SMILES string of the molecule is C=C(O)C/C(=C/C(=O)O)C(=O)O. The smallest absolute Gasteiger partial charge is 0.332 e. The molecule has 0 unspecified atom stereocenters. The van der Waals surface area contributed by atoms with Crippen LogP contribution in [0, 0.1) is 0 Å². The van der Waals surface area contributed by atoms with Gasteiger partial charge in [0.2, 0.25) is 0 Å². The first kappa shape index (κ1) is 10.2. The number of allylic oxidation sites excluding steroid dienone is 1. The first-order chi connectivity index (χ1) is 5.43. The molecule has 0 amide bonds. The van der Waals surface area contributed by atoms with E-state index in [1.165, 1.54) is 0 Å². The van der Waals surface area contributed by atoms with Crippen molar-refractivity contribution >= 4 is 11.9 Å². The van der Waals surface area contributed by atoms with Crippen molar-refractivity contribution in [1.82, 2.24) is 0 Å². The Bertz CT molecular complexity index is 251. The van der Waals surface area contributed by atoms with E-state index in [1.807, 2.05) is 0 Å². The Morgan fingerprint density at radius 1 is 1.25 bits per heavy atom. The molecule has 5 nitrogen and oxygen atoms in total. The number of hydrogen-bond donors (Lipinski definition) is 3. The summed E-state index contributed by atoms with van der Waals surface area (Å²) < 4.78 is 0. The van der Waals surface area contributed by atoms with E-state index in [1.54, 1.807) is 0 Å². The Kier molecular flexibility index (Phi) is 3.55. The lowest BCUT2D eigenvalue weighted by Gasteiger charge is -1.97. The van der Waals surface area contributed by atoms with Crippen molar-refractivity contribution in [1.29, 1.82) is 0 Å². The zero-order valence-electron chi connectivity index (χ0n) is 6.15. The largest absolute Gasteiger partial charge is 0.513 e. The molecule has 0 saturated heterocycles. The first-order valence-electron chi connectivity index (χ1n) is 2.97. The van der Waals surface area contributed by atoms with Crippen LogP contribution < -0.4 is 0 Å². The molecule has 0 aromatic heterocycles. The lowest BCUT2D eigenvalue weighted by molar-refractivity contribution is -0.135. The number of carbonyl (C=O) groups is 2. The second-order valence-corrected chi connectivity index (χ2v) is 2.06. The maximum atomic E-state index is 10.3. The number of aliphatic hydroxyl groups excluding tert-OH is 1. The van der Waals surface area contributed by atoms with Crippen LogP contribution in [0.3, 0.4) is 0 Å². The minimum Gasteiger partial charge on any atom is -0.513 e. The number of hydrogen-bond acceptors (Lipinski definition) is 3. The summed E-state index contributed by atoms with van der Waals surface area (Å²) in [6, 6.07) is 0. The molecule has 5 heteroatoms. The molecule has 66 valence electrons. The molecule has 0 aliphatic carbocycles. The molecule has 0 radical (unpaired) electrons. The van der Waals surface area contributed by atoms with Crippen molar-refractivity contribution in [3.05, 3.63) is 24.0 Å². The highest BCUT2D eigenvalue weighted by atomic mass is 16.4. The van der Waals surface area contributed by atoms with Gasteiger partial charge in [0.15, 0.2) is 0 Å². The van der Waals surface area contributed by atoms with Gasteiger partial charge in [-0.25, -0.2) is 9.59 Å². The molecule has 0 saturated carbocycles. The number of aliphatic hydroxyl groups is 1. The van der Waals surface area contributed by atoms with Crippen molar-refractivity contribution in [2.75, 3.05) is 0 Å². The van der Waals surface area contributed by atoms with Crippen LogP contribution in [0.15, 0.2) is 24.0 Å². The maximum Gasteiger partial charge on any atom is 0.332 e. The molecule has 0 heterocycles. The monoisotopic (exact) mass is 172 g/mol. The minimum absolute atomic E-state index is 0.359. The minimum atomic E-state index is -1.38. The fraction of sp³-hybridized carbons (Fsp3) is 0.143. The van der Waals surface area contributed by atoms with Gasteiger partial charge in [-0.2, -0.15) is 0 Å². The van der Waals surface area contributed by atoms with Gasteiger partial charge >= 0.3 is 11.9 Å². The van der Waals surface area contributed by atoms with E-state index in [0.29, 0.717) is 6.08 Å². The Morgan fingerprint density at radius 2 is 1.75 bits per heavy atom. The van der Waals surface area contributed by atoms with E-state index in [9.17, 15) is 9.59 Å². The van der Waals surface area contributed by atoms with Gasteiger partial charge < -0.3 is 15.3 Å². The normalized spacial score (nSPS) is 10.8. The molecule has 0 fully saturated rings. The molecule has 12 heavy (non-hydrogen) atoms. The molecule has 3 N–H and O–H groups in total. The standard InChI is InChI=1S/C7H8O5/c1-4(8)2-5(7(11)12)3-6(9)10/h3,8H,1-2H2,(H,9,10)(H,11,12)/b5-3-. The number of rotatable bonds is 4. The van der Waals surface area contributed by atoms with Crippen LogP contribution in [0.2, 0.25) is 0 Å². The molecule has 0 bridgehead atoms. The van der Waals surface area contributed by atoms with Gasteiger partial charge in [0.1, 0.15) is 0 Å². The topological polar surface area (TPSA) is 94.8 Å². The Morgan fingerprint density at radius 3 is 2.00 bits per heavy atom. The summed E-state index contributed by atoms with van der Waals surface area (Å²) in [5, 5.41) is 25.2. The highest BCUT2D eigenvalue weighted by molar-refractivity contribution is 5.94. The predicted molar refractivity (Wildman–Crippen MR) is 39.7 cm³/mol. The average Bonchev–Trinajstić information content (AvgIpc) is 1.83. The lowest BCUT2D eigenvalue weighted by atomic mass is 10.1. The van der Waals surface area contributed by atoms with Gasteiger partial charge in [-0.05, 0) is 0 Å². The van der Waals surface area contributed by atoms with E-state index in [2.05, 4.69) is 6.58 Å². The zero-order valence-corrected chi connectivity index (χ0v) is 6.15. The third-order valence-electron chi connectivity index (χ3n) is 0.967. The van der Waals surface area contributed by atoms with E-state index < -0.39 is 17.5 Å². The number of aliphatic carboxylic acids is 2. The van der Waals surface area contributed by atoms with Gasteiger partial charge in [0, 0.05) is 12.5 Å². The Labute approximate surface area is 68.3 Å². The average molecular weight is 172 g/mol. The van der Waals surface area contributed by atoms with Crippen molar-refractivity contribution < 1.29 is 24.9 Å². The molecule has 0 aliphatic heterocycles. The predicted octanol–water partition coefficient (Wildman–Crippen LogP) is 0.544. The summed E-state index contributed by atoms with van der Waals surface area (Å²) in [6.07, 6.45) is 0.158. The van der Waals surface area contributed by atoms with Crippen LogP contribution in [-0.2, 0) is 9.59 Å². The van der Waals surface area contributed by atoms with Crippen molar-refractivity contribution in [2.45, 2.75) is 6.42 Å². The van der Waals surface area contributed by atoms with Gasteiger partial charge in [-0.15, -0.1) is 0 Å². The first-order valence-corrected chi connectivity index (χ1v) is 2.97. The second kappa shape index (κ2) is 4.17. The van der Waals surface area contributed by atoms with Crippen molar-refractivity contribution in [2.24, 2.45) is 0 Å². The van der Waals surface area contributed by atoms with Crippen molar-refractivity contribution in [3.8, 4) is 0 Å². The Hall–Kier alpha value is -1.78. The molecule has 0 spiro atoms. The van der Waals surface area contributed by atoms with Gasteiger partial charge in [0.05, 0.1) is 11.3 Å². The Balaban J connectivity index is 4.55. The second-order valence-electron chi connectivity index (χ2n) is 2.06. The van der Waals surface area contributed by atoms with E-state index in [0.717, 1.165) is 0 Å². The molecule has 0 aliphatic rings. The van der Waals surface area contributed by atoms with Crippen LogP contribution in [0.25, 0.3) is 0 Å². The van der Waals surface area contributed by atoms with Crippen LogP contribution in [0.5, 0.6) is 0 Å². The lowest BCUT2D eigenvalue weighted by Crippen LogP contribution is -2.04. The van der Waals surface area contributed by atoms with Gasteiger partial charge in [-0.1, -0.05) is 6.58 Å². The van der Waals surface area contributed by atoms with Gasteiger partial charge in [-0.3, -0.25) is 0 Å². The van der Waals surface area contributed by atoms with E-state index >= 15 is 0 Å². The summed E-state index contributed by atoms with van der Waals surface area (Å²) in [4.78, 5) is 20.3. The maximum absolute atomic E-state index is 10.3. The molecular weight excluding hydrogens is 164 g/mol. The van der Waals surface area contributed by atoms with E-state index in [4.69, 9.17) is 15.3 Å². The van der Waals surface area contributed by atoms with Crippen LogP contribution in [-0.4, -0.2) is 27.3 Å². The molecular formula is C7H8O5. The summed E-state index contributed by atoms with van der Waals surface area (Å²) in [7, 11) is 0. The highest BCUT2D eigenvalue weighted by Gasteiger charge is 2.10. The molecule has 0 rings (SSSR count). The number of carboxylic acids is 2. The molecule has 0 aromatic rings. The summed E-state index contributed by atoms with van der Waals surface area (Å²) in [5.74, 6) is -3.13. The van der Waals surface area contributed by atoms with E-state index in [-0.39, 0.29) is 12.2 Å². The summed E-state index contributed by atoms with van der Waals surface area (Å²) >= 11 is 0. The van der Waals surface area contributed by atoms with Crippen LogP contribution in [0.4, 0.5) is 0 Å². The van der Waals surface area contributed by atoms with Gasteiger partial charge in [0.25, 0.3) is 0 Å². The number of carboxylic acid groups (broad SMARTS) is 2. The van der Waals surface area contributed by atoms with Crippen LogP contribution >= 0.6 is 0 Å². The summed E-state index contributed by atoms with van der Waals surface area (Å²) in [6.45, 7) is 3.04. The highest BCUT2D eigenvalue weighted by Crippen LogP contribution is 2.06.